The molecular weight excluding hydrogens is 234 g/mol. The molecule has 3 N–H and O–H groups in total. The predicted octanol–water partition coefficient (Wildman–Crippen LogP) is 1.15. The van der Waals surface area contributed by atoms with Crippen LogP contribution in [0.3, 0.4) is 0 Å². The Bertz CT molecular complexity index is 406. The number of hydrogen-bond acceptors (Lipinski definition) is 4. The van der Waals surface area contributed by atoms with Gasteiger partial charge in [-0.25, -0.2) is 0 Å². The third-order valence-corrected chi connectivity index (χ3v) is 2.68. The van der Waals surface area contributed by atoms with Crippen LogP contribution in [0.1, 0.15) is 23.7 Å². The number of aromatic hydroxyl groups is 1. The summed E-state index contributed by atoms with van der Waals surface area (Å²) in [5.74, 6) is 0.271. The number of ether oxygens (including phenoxy) is 1. The molecule has 0 bridgehead atoms. The van der Waals surface area contributed by atoms with Crippen LogP contribution in [0.25, 0.3) is 0 Å². The Kier molecular flexibility index (Phi) is 5.45. The summed E-state index contributed by atoms with van der Waals surface area (Å²) in [5.41, 5.74) is 0.186. The number of aliphatic hydroxyl groups excluding tert-OH is 1. The molecule has 0 radical (unpaired) electrons. The van der Waals surface area contributed by atoms with Gasteiger partial charge in [0, 0.05) is 13.2 Å². The molecule has 0 aromatic heterocycles. The van der Waals surface area contributed by atoms with E-state index < -0.39 is 0 Å². The van der Waals surface area contributed by atoms with Crippen molar-refractivity contribution < 1.29 is 19.7 Å². The van der Waals surface area contributed by atoms with Crippen molar-refractivity contribution in [3.63, 3.8) is 0 Å². The number of nitrogens with one attached hydrogen (secondary N) is 1. The van der Waals surface area contributed by atoms with Gasteiger partial charge in [0.15, 0.2) is 0 Å². The van der Waals surface area contributed by atoms with Crippen LogP contribution in [0.4, 0.5) is 0 Å². The number of phenols is 1. The second kappa shape index (κ2) is 6.86. The molecule has 1 aromatic carbocycles. The minimum atomic E-state index is -0.351. The van der Waals surface area contributed by atoms with Crippen LogP contribution in [-0.4, -0.2) is 36.4 Å². The lowest BCUT2D eigenvalue weighted by Crippen LogP contribution is -2.28. The van der Waals surface area contributed by atoms with Crippen molar-refractivity contribution in [2.24, 2.45) is 5.92 Å². The molecule has 5 heteroatoms. The van der Waals surface area contributed by atoms with E-state index in [0.29, 0.717) is 18.7 Å². The summed E-state index contributed by atoms with van der Waals surface area (Å²) >= 11 is 0. The minimum Gasteiger partial charge on any atom is -0.507 e. The standard InChI is InChI=1S/C13H19NO4/c1-9(5-6-15)8-14-13(17)11-7-10(18-2)3-4-12(11)16/h3-4,7,9,15-16H,5-6,8H2,1-2H3,(H,14,17). The fourth-order valence-electron chi connectivity index (χ4n) is 1.51. The maximum Gasteiger partial charge on any atom is 0.255 e. The lowest BCUT2D eigenvalue weighted by atomic mass is 10.1. The maximum atomic E-state index is 11.9. The number of phenolic OH excluding ortho intramolecular Hbond substituents is 1. The van der Waals surface area contributed by atoms with Gasteiger partial charge in [-0.05, 0) is 30.5 Å². The molecule has 100 valence electrons. The smallest absolute Gasteiger partial charge is 0.255 e. The minimum absolute atomic E-state index is 0.0805. The van der Waals surface area contributed by atoms with E-state index in [-0.39, 0.29) is 29.7 Å². The number of rotatable bonds is 6. The molecule has 5 nitrogen and oxygen atoms in total. The summed E-state index contributed by atoms with van der Waals surface area (Å²) in [6.45, 7) is 2.49. The molecule has 1 aromatic rings. The number of amides is 1. The Hall–Kier alpha value is -1.75. The monoisotopic (exact) mass is 253 g/mol. The van der Waals surface area contributed by atoms with Gasteiger partial charge in [0.05, 0.1) is 12.7 Å². The number of aliphatic hydroxyl groups is 1. The first-order valence-corrected chi connectivity index (χ1v) is 5.84. The van der Waals surface area contributed by atoms with E-state index in [4.69, 9.17) is 9.84 Å². The highest BCUT2D eigenvalue weighted by atomic mass is 16.5. The van der Waals surface area contributed by atoms with E-state index in [1.165, 1.54) is 19.2 Å². The first-order valence-electron chi connectivity index (χ1n) is 5.84. The van der Waals surface area contributed by atoms with Gasteiger partial charge in [-0.2, -0.15) is 0 Å². The highest BCUT2D eigenvalue weighted by Gasteiger charge is 2.13. The molecule has 18 heavy (non-hydrogen) atoms. The molecule has 0 heterocycles. The molecule has 0 aliphatic rings. The molecule has 0 fully saturated rings. The highest BCUT2D eigenvalue weighted by Crippen LogP contribution is 2.22. The van der Waals surface area contributed by atoms with Gasteiger partial charge in [-0.1, -0.05) is 6.92 Å². The van der Waals surface area contributed by atoms with E-state index in [2.05, 4.69) is 5.32 Å². The predicted molar refractivity (Wildman–Crippen MR) is 67.9 cm³/mol. The number of methoxy groups -OCH3 is 1. The van der Waals surface area contributed by atoms with Crippen molar-refractivity contribution in [1.82, 2.24) is 5.32 Å². The van der Waals surface area contributed by atoms with E-state index >= 15 is 0 Å². The van der Waals surface area contributed by atoms with E-state index in [9.17, 15) is 9.90 Å². The first kappa shape index (κ1) is 14.3. The maximum absolute atomic E-state index is 11.9. The number of benzene rings is 1. The third-order valence-electron chi connectivity index (χ3n) is 2.68. The molecule has 1 atom stereocenters. The molecule has 0 saturated heterocycles. The van der Waals surface area contributed by atoms with Crippen molar-refractivity contribution in [3.05, 3.63) is 23.8 Å². The SMILES string of the molecule is COc1ccc(O)c(C(=O)NCC(C)CCO)c1. The summed E-state index contributed by atoms with van der Waals surface area (Å²) < 4.78 is 5.00. The second-order valence-corrected chi connectivity index (χ2v) is 4.21. The normalized spacial score (nSPS) is 11.9. The van der Waals surface area contributed by atoms with Crippen LogP contribution >= 0.6 is 0 Å². The Morgan fingerprint density at radius 3 is 2.83 bits per heavy atom. The van der Waals surface area contributed by atoms with Crippen LogP contribution in [0.2, 0.25) is 0 Å². The number of hydrogen-bond donors (Lipinski definition) is 3. The van der Waals surface area contributed by atoms with Crippen molar-refractivity contribution in [2.45, 2.75) is 13.3 Å². The van der Waals surface area contributed by atoms with Crippen LogP contribution in [0.5, 0.6) is 11.5 Å². The average Bonchev–Trinajstić information content (AvgIpc) is 2.37. The average molecular weight is 253 g/mol. The Balaban J connectivity index is 2.66. The summed E-state index contributed by atoms with van der Waals surface area (Å²) in [7, 11) is 1.50. The third kappa shape index (κ3) is 3.92. The first-order chi connectivity index (χ1) is 8.58. The van der Waals surface area contributed by atoms with Crippen LogP contribution in [-0.2, 0) is 0 Å². The lowest BCUT2D eigenvalue weighted by molar-refractivity contribution is 0.0942. The van der Waals surface area contributed by atoms with Gasteiger partial charge in [0.2, 0.25) is 0 Å². The van der Waals surface area contributed by atoms with Crippen LogP contribution < -0.4 is 10.1 Å². The topological polar surface area (TPSA) is 78.8 Å². The van der Waals surface area contributed by atoms with Crippen molar-refractivity contribution >= 4 is 5.91 Å². The molecule has 0 spiro atoms. The zero-order chi connectivity index (χ0) is 13.5. The Morgan fingerprint density at radius 1 is 1.50 bits per heavy atom. The molecule has 1 rings (SSSR count). The Labute approximate surface area is 106 Å². The van der Waals surface area contributed by atoms with Gasteiger partial charge in [0.25, 0.3) is 5.91 Å². The van der Waals surface area contributed by atoms with Crippen molar-refractivity contribution in [3.8, 4) is 11.5 Å². The Morgan fingerprint density at radius 2 is 2.22 bits per heavy atom. The van der Waals surface area contributed by atoms with Crippen LogP contribution in [0.15, 0.2) is 18.2 Å². The van der Waals surface area contributed by atoms with Gasteiger partial charge >= 0.3 is 0 Å². The lowest BCUT2D eigenvalue weighted by Gasteiger charge is -2.12. The van der Waals surface area contributed by atoms with Crippen LogP contribution in [0, 0.1) is 5.92 Å². The number of carbonyl (C=O) groups excluding carboxylic acids is 1. The van der Waals surface area contributed by atoms with Gasteiger partial charge in [-0.3, -0.25) is 4.79 Å². The quantitative estimate of drug-likeness (QED) is 0.710. The molecule has 1 amide bonds. The van der Waals surface area contributed by atoms with Gasteiger partial charge in [0.1, 0.15) is 11.5 Å². The van der Waals surface area contributed by atoms with Gasteiger partial charge < -0.3 is 20.3 Å². The summed E-state index contributed by atoms with van der Waals surface area (Å²) in [6, 6.07) is 4.49. The summed E-state index contributed by atoms with van der Waals surface area (Å²) in [6.07, 6.45) is 0.629. The van der Waals surface area contributed by atoms with E-state index in [1.807, 2.05) is 6.92 Å². The van der Waals surface area contributed by atoms with Crippen molar-refractivity contribution in [2.75, 3.05) is 20.3 Å². The van der Waals surface area contributed by atoms with E-state index in [1.54, 1.807) is 6.07 Å². The second-order valence-electron chi connectivity index (χ2n) is 4.21. The molecule has 0 aliphatic heterocycles. The highest BCUT2D eigenvalue weighted by molar-refractivity contribution is 5.97. The molecule has 0 aliphatic carbocycles. The summed E-state index contributed by atoms with van der Waals surface area (Å²) in [4.78, 5) is 11.9. The zero-order valence-electron chi connectivity index (χ0n) is 10.6. The van der Waals surface area contributed by atoms with Crippen molar-refractivity contribution in [1.29, 1.82) is 0 Å². The zero-order valence-corrected chi connectivity index (χ0v) is 10.6. The van der Waals surface area contributed by atoms with Gasteiger partial charge in [-0.15, -0.1) is 0 Å². The van der Waals surface area contributed by atoms with E-state index in [0.717, 1.165) is 0 Å². The summed E-state index contributed by atoms with van der Waals surface area (Å²) in [5, 5.41) is 21.1. The fraction of sp³-hybridized carbons (Fsp3) is 0.462. The number of carbonyl (C=O) groups is 1. The molecule has 1 unspecified atom stereocenters. The molecular formula is C13H19NO4. The largest absolute Gasteiger partial charge is 0.507 e. The fourth-order valence-corrected chi connectivity index (χ4v) is 1.51. The molecule has 0 saturated carbocycles.